The second-order valence-electron chi connectivity index (χ2n) is 19.8. The van der Waals surface area contributed by atoms with Crippen molar-refractivity contribution in [1.29, 1.82) is 0 Å². The Morgan fingerprint density at radius 3 is 1.58 bits per heavy atom. The molecule has 16 unspecified atom stereocenters. The number of esters is 1. The quantitative estimate of drug-likeness (QED) is 0.0463. The monoisotopic (exact) mass is 1660 g/mol. The average molecular weight is 1660 g/mol. The van der Waals surface area contributed by atoms with E-state index < -0.39 is 30.4 Å². The molecule has 0 saturated carbocycles. The first-order valence-corrected chi connectivity index (χ1v) is 70.2. The summed E-state index contributed by atoms with van der Waals surface area (Å²) in [7, 11) is 45.9. The normalized spacial score (nSPS) is 16.1. The van der Waals surface area contributed by atoms with Crippen LogP contribution in [0.1, 0.15) is 81.2 Å². The van der Waals surface area contributed by atoms with Crippen LogP contribution in [0.4, 0.5) is 24.5 Å². The first-order chi connectivity index (χ1) is 38.6. The Bertz CT molecular complexity index is 2840. The molecule has 2 aliphatic heterocycles. The van der Waals surface area contributed by atoms with Gasteiger partial charge in [-0.05, 0) is 183 Å². The maximum Gasteiger partial charge on any atom is 0.494 e. The van der Waals surface area contributed by atoms with Gasteiger partial charge in [0.1, 0.15) is 5.76 Å². The number of methoxy groups -OCH3 is 1. The molecule has 0 spiro atoms. The van der Waals surface area contributed by atoms with Crippen LogP contribution in [-0.4, -0.2) is 49.3 Å². The molecule has 1 amide bonds. The van der Waals surface area contributed by atoms with Crippen LogP contribution in [-0.2, 0) is 48.3 Å². The highest BCUT2D eigenvalue weighted by Gasteiger charge is 2.52. The number of alkyl halides is 3. The molecule has 1 fully saturated rings. The summed E-state index contributed by atoms with van der Waals surface area (Å²) in [5, 5.41) is 0. The minimum Gasteiger partial charge on any atom is -0.468 e. The number of rotatable bonds is 19. The van der Waals surface area contributed by atoms with Gasteiger partial charge in [-0.25, -0.2) is 0 Å². The van der Waals surface area contributed by atoms with E-state index in [0.717, 1.165) is 57.6 Å². The number of halogens is 4. The zero-order valence-electron chi connectivity index (χ0n) is 46.7. The van der Waals surface area contributed by atoms with Crippen LogP contribution in [0.5, 0.6) is 0 Å². The van der Waals surface area contributed by atoms with E-state index in [1.165, 1.54) is 13.2 Å². The fraction of sp³-hybridized carbons (Fsp3) is 0.333. The molecule has 16 atom stereocenters. The van der Waals surface area contributed by atoms with E-state index >= 15 is 0 Å². The molecular weight excluding hydrogens is 1590 g/mol. The summed E-state index contributed by atoms with van der Waals surface area (Å²) in [6.07, 6.45) is -4.59. The molecule has 5 aromatic rings. The Hall–Kier alpha value is 5.90. The van der Waals surface area contributed by atoms with Crippen molar-refractivity contribution < 1.29 is 41.2 Å². The van der Waals surface area contributed by atoms with E-state index in [9.17, 15) is 22.8 Å². The fourth-order valence-electron chi connectivity index (χ4n) is 8.37. The van der Waals surface area contributed by atoms with Gasteiger partial charge in [0.15, 0.2) is 0 Å². The van der Waals surface area contributed by atoms with E-state index in [-0.39, 0.29) is 119 Å². The highest BCUT2D eigenvalue weighted by atomic mass is 79.9. The lowest BCUT2D eigenvalue weighted by atomic mass is 9.75. The second-order valence-corrected chi connectivity index (χ2v) is 119. The van der Waals surface area contributed by atoms with Crippen molar-refractivity contribution in [3.63, 3.8) is 0 Å². The molecule has 0 bridgehead atoms. The summed E-state index contributed by atoms with van der Waals surface area (Å²) in [5.74, 6) is -2.10. The second kappa shape index (κ2) is 35.9. The van der Waals surface area contributed by atoms with Crippen LogP contribution in [0.2, 0.25) is 0 Å². The number of anilines is 2. The van der Waals surface area contributed by atoms with Crippen molar-refractivity contribution in [1.82, 2.24) is 4.90 Å². The lowest BCUT2D eigenvalue weighted by molar-refractivity contribution is -0.153. The number of hydrogen-bond donors (Lipinski definition) is 0. The molecule has 83 heavy (non-hydrogen) atoms. The van der Waals surface area contributed by atoms with Gasteiger partial charge in [-0.3, -0.25) is 9.59 Å². The third-order valence-corrected chi connectivity index (χ3v) is 175. The van der Waals surface area contributed by atoms with Crippen molar-refractivity contribution in [3.8, 4) is 0 Å². The number of fused-ring (bicyclic) bond motifs is 2. The summed E-state index contributed by atoms with van der Waals surface area (Å²) in [4.78, 5) is 29.8. The molecule has 456 valence electrons. The molecule has 8 nitrogen and oxygen atoms in total. The lowest BCUT2D eigenvalue weighted by Gasteiger charge is -2.49. The van der Waals surface area contributed by atoms with Gasteiger partial charge in [-0.2, -0.15) is 13.2 Å². The third kappa shape index (κ3) is 21.4. The van der Waals surface area contributed by atoms with Crippen molar-refractivity contribution >= 4 is 253 Å². The third-order valence-electron chi connectivity index (χ3n) is 13.2. The van der Waals surface area contributed by atoms with Crippen LogP contribution in [0.25, 0.3) is 0 Å². The van der Waals surface area contributed by atoms with E-state index in [0.29, 0.717) is 0 Å². The van der Waals surface area contributed by atoms with Gasteiger partial charge in [0.2, 0.25) is 11.7 Å². The number of ether oxygens (including phenoxy) is 1. The van der Waals surface area contributed by atoms with Crippen LogP contribution in [0.3, 0.4) is 0 Å². The number of nitrogens with zero attached hydrogens (tertiary/aromatic N) is 2. The zero-order chi connectivity index (χ0) is 62.3. The van der Waals surface area contributed by atoms with Crippen molar-refractivity contribution in [2.45, 2.75) is 83.3 Å². The van der Waals surface area contributed by atoms with Gasteiger partial charge in [-0.1, -0.05) is 96.7 Å². The van der Waals surface area contributed by atoms with Gasteiger partial charge >= 0.3 is 19.3 Å². The number of carbonyl (C=O) groups is 2. The largest absolute Gasteiger partial charge is 0.494 e. The molecule has 38 heteroatoms. The molecule has 2 aliphatic rings. The Kier molecular flexibility index (Phi) is 34.5. The van der Waals surface area contributed by atoms with Crippen LogP contribution in [0.15, 0.2) is 118 Å². The predicted octanol–water partition coefficient (Wildman–Crippen LogP) is 24.2. The maximum absolute atomic E-state index is 14.2. The van der Waals surface area contributed by atoms with Crippen molar-refractivity contribution in [3.05, 3.63) is 147 Å². The van der Waals surface area contributed by atoms with E-state index in [2.05, 4.69) is 137 Å². The smallest absolute Gasteiger partial charge is 0.468 e. The number of benzene rings is 4. The zero-order valence-corrected chi connectivity index (χ0v) is 74.2. The first kappa shape index (κ1) is 79.6. The lowest BCUT2D eigenvalue weighted by Crippen LogP contribution is -2.41. The molecule has 7 rings (SSSR count). The van der Waals surface area contributed by atoms with Gasteiger partial charge in [0.25, 0.3) is 0 Å². The molecule has 0 aliphatic carbocycles. The Morgan fingerprint density at radius 2 is 1.16 bits per heavy atom. The number of amides is 1. The molecule has 1 aromatic heterocycles. The van der Waals surface area contributed by atoms with Gasteiger partial charge in [0.05, 0.1) is 36.2 Å². The van der Waals surface area contributed by atoms with E-state index in [4.69, 9.17) is 18.5 Å². The molecule has 3 heterocycles. The molecule has 0 radical (unpaired) electrons. The SMILES string of the molecule is CN1c2ccccc2C(C(=O)N(Cc2ccc(Br)cc2)Cc2ccc(C(F)(F)F)o2)c2ccccc21.COC(=O)C(C)(C)c1cccc(B2OC(C)(C)C(C)(C)O2)c1.PPP(P(P)P)P(P(P)P)P(P(P(P)P)P(P)P)P(P(P)P)P(P)P. The van der Waals surface area contributed by atoms with Crippen LogP contribution in [0, 0.1) is 0 Å². The molecule has 4 aromatic carbocycles. The summed E-state index contributed by atoms with van der Waals surface area (Å²) in [5.41, 5.74) is 4.68. The summed E-state index contributed by atoms with van der Waals surface area (Å²) < 4.78 is 62.5. The fourth-order valence-corrected chi connectivity index (χ4v) is 323. The highest BCUT2D eigenvalue weighted by molar-refractivity contribution is 9.40. The number of hydrogen-bond acceptors (Lipinski definition) is 7. The van der Waals surface area contributed by atoms with Crippen LogP contribution >= 0.6 is 217 Å². The van der Waals surface area contributed by atoms with Gasteiger partial charge < -0.3 is 28.3 Å². The minimum atomic E-state index is -4.59. The first-order valence-electron chi connectivity index (χ1n) is 24.5. The van der Waals surface area contributed by atoms with Crippen LogP contribution < -0.4 is 10.4 Å². The average Bonchev–Trinajstić information content (AvgIpc) is 2.08. The minimum absolute atomic E-state index is 0.00618. The van der Waals surface area contributed by atoms with Gasteiger partial charge in [-0.15, -0.1) is 116 Å². The Morgan fingerprint density at radius 1 is 0.675 bits per heavy atom. The predicted molar refractivity (Wildman–Crippen MR) is 433 cm³/mol. The number of furan rings is 1. The maximum atomic E-state index is 14.2. The number of carbonyl (C=O) groups excluding carboxylic acids is 2. The Labute approximate surface area is 543 Å². The summed E-state index contributed by atoms with van der Waals surface area (Å²) in [6, 6.07) is 32.8. The van der Waals surface area contributed by atoms with E-state index in [1.807, 2.05) is 146 Å². The summed E-state index contributed by atoms with van der Waals surface area (Å²) >= 11 is 3.41. The highest BCUT2D eigenvalue weighted by Crippen LogP contribution is 3.34. The topological polar surface area (TPSA) is 81.5 Å². The van der Waals surface area contributed by atoms with E-state index in [1.54, 1.807) is 4.90 Å². The van der Waals surface area contributed by atoms with Gasteiger partial charge in [0, 0.05) is 29.4 Å². The van der Waals surface area contributed by atoms with Crippen molar-refractivity contribution in [2.75, 3.05) is 19.1 Å². The molecular formula is C45H74BBrF3N2O6P25. The molecule has 0 N–H and O–H groups in total. The number of para-hydroxylation sites is 2. The molecule has 1 saturated heterocycles. The standard InChI is InChI=1S/C28H22BrF3N2O2.C17H25BO4.H27P25/c1-33-23-8-4-2-6-21(23)26(22-7-3-5-9-24(22)33)27(35)34(16-18-10-12-19(29)13-11-18)17-20-14-15-25(36-20)28(30,31)32;1-15(2,14(19)20-7)12-9-8-10-13(11-12)18-21-16(3,4)17(5,6)22-18;1-14-21(15(2)3)24(20(12)13)25(22(16(4)5)17(6)7)23(18(8)9)19(10)11/h2-15,26H,16-17H2,1H3;8-11H,1-7H3;14H,1-13H2. The van der Waals surface area contributed by atoms with Crippen molar-refractivity contribution in [2.24, 2.45) is 0 Å². The summed E-state index contributed by atoms with van der Waals surface area (Å²) in [6.45, 7) is 12.5. The Balaban J connectivity index is 0.000000238.